The highest BCUT2D eigenvalue weighted by atomic mass is 19.4. The average molecular weight is 251 g/mol. The molecule has 0 saturated carbocycles. The lowest BCUT2D eigenvalue weighted by atomic mass is 10.1. The molecule has 92 valence electrons. The van der Waals surface area contributed by atoms with Crippen LogP contribution in [0.4, 0.5) is 13.2 Å². The Morgan fingerprint density at radius 1 is 1.22 bits per heavy atom. The van der Waals surface area contributed by atoms with Gasteiger partial charge in [-0.25, -0.2) is 0 Å². The summed E-state index contributed by atoms with van der Waals surface area (Å²) >= 11 is 0. The van der Waals surface area contributed by atoms with Gasteiger partial charge in [-0.3, -0.25) is 4.68 Å². The largest absolute Gasteiger partial charge is 0.435 e. The van der Waals surface area contributed by atoms with E-state index in [1.165, 1.54) is 10.9 Å². The third-order valence-electron chi connectivity index (χ3n) is 2.40. The number of aromatic nitrogens is 2. The van der Waals surface area contributed by atoms with E-state index in [0.717, 1.165) is 6.07 Å². The fourth-order valence-corrected chi connectivity index (χ4v) is 1.54. The second-order valence-electron chi connectivity index (χ2n) is 3.67. The number of halogens is 3. The van der Waals surface area contributed by atoms with Crippen LogP contribution in [0.5, 0.6) is 0 Å². The fraction of sp³-hybridized carbons (Fsp3) is 0.167. The molecule has 0 N–H and O–H groups in total. The molecule has 0 aliphatic rings. The van der Waals surface area contributed by atoms with Crippen LogP contribution in [0.25, 0.3) is 0 Å². The third-order valence-corrected chi connectivity index (χ3v) is 2.40. The number of nitriles is 1. The van der Waals surface area contributed by atoms with E-state index in [-0.39, 0.29) is 6.54 Å². The monoisotopic (exact) mass is 251 g/mol. The van der Waals surface area contributed by atoms with Crippen molar-refractivity contribution in [1.29, 1.82) is 5.26 Å². The quantitative estimate of drug-likeness (QED) is 0.823. The first-order valence-corrected chi connectivity index (χ1v) is 5.09. The molecule has 18 heavy (non-hydrogen) atoms. The molecule has 1 aromatic carbocycles. The number of hydrogen-bond donors (Lipinski definition) is 0. The first kappa shape index (κ1) is 12.2. The summed E-state index contributed by atoms with van der Waals surface area (Å²) in [7, 11) is 0. The Bertz CT molecular complexity index is 593. The zero-order chi connectivity index (χ0) is 13.2. The summed E-state index contributed by atoms with van der Waals surface area (Å²) in [6.07, 6.45) is -3.20. The zero-order valence-electron chi connectivity index (χ0n) is 9.15. The van der Waals surface area contributed by atoms with Gasteiger partial charge in [0.25, 0.3) is 0 Å². The fourth-order valence-electron chi connectivity index (χ4n) is 1.54. The lowest BCUT2D eigenvalue weighted by Crippen LogP contribution is -2.08. The van der Waals surface area contributed by atoms with Crippen molar-refractivity contribution in [1.82, 2.24) is 9.78 Å². The van der Waals surface area contributed by atoms with Crippen LogP contribution in [0, 0.1) is 11.3 Å². The first-order valence-electron chi connectivity index (χ1n) is 5.09. The van der Waals surface area contributed by atoms with E-state index in [9.17, 15) is 13.2 Å². The summed E-state index contributed by atoms with van der Waals surface area (Å²) in [4.78, 5) is 0. The van der Waals surface area contributed by atoms with E-state index >= 15 is 0 Å². The van der Waals surface area contributed by atoms with Crippen molar-refractivity contribution in [2.45, 2.75) is 12.7 Å². The summed E-state index contributed by atoms with van der Waals surface area (Å²) in [5.41, 5.74) is 0.135. The predicted molar refractivity (Wildman–Crippen MR) is 57.5 cm³/mol. The minimum Gasteiger partial charge on any atom is -0.268 e. The maximum atomic E-state index is 12.4. The molecule has 0 amide bonds. The Morgan fingerprint density at radius 2 is 1.94 bits per heavy atom. The van der Waals surface area contributed by atoms with Crippen molar-refractivity contribution < 1.29 is 13.2 Å². The standard InChI is InChI=1S/C12H8F3N3/c13-12(14,15)11-5-6-18(17-11)8-10-4-2-1-3-9(10)7-16/h1-6H,8H2. The lowest BCUT2D eigenvalue weighted by Gasteiger charge is -2.04. The van der Waals surface area contributed by atoms with Crippen molar-refractivity contribution in [2.75, 3.05) is 0 Å². The zero-order valence-corrected chi connectivity index (χ0v) is 9.15. The number of rotatable bonds is 2. The topological polar surface area (TPSA) is 41.6 Å². The van der Waals surface area contributed by atoms with Gasteiger partial charge in [0.05, 0.1) is 18.2 Å². The Balaban J connectivity index is 2.25. The van der Waals surface area contributed by atoms with Crippen LogP contribution in [0.1, 0.15) is 16.8 Å². The highest BCUT2D eigenvalue weighted by Gasteiger charge is 2.33. The summed E-state index contributed by atoms with van der Waals surface area (Å²) in [6, 6.07) is 9.63. The molecule has 0 fully saturated rings. The van der Waals surface area contributed by atoms with Crippen LogP contribution in [-0.4, -0.2) is 9.78 Å². The molecule has 6 heteroatoms. The molecule has 0 bridgehead atoms. The Kier molecular flexibility index (Phi) is 3.06. The molecule has 1 aromatic heterocycles. The molecule has 0 radical (unpaired) electrons. The van der Waals surface area contributed by atoms with E-state index in [0.29, 0.717) is 11.1 Å². The van der Waals surface area contributed by atoms with Gasteiger partial charge in [0.1, 0.15) is 0 Å². The lowest BCUT2D eigenvalue weighted by molar-refractivity contribution is -0.141. The molecule has 2 aromatic rings. The van der Waals surface area contributed by atoms with Gasteiger partial charge < -0.3 is 0 Å². The van der Waals surface area contributed by atoms with Crippen molar-refractivity contribution >= 4 is 0 Å². The summed E-state index contributed by atoms with van der Waals surface area (Å²) < 4.78 is 38.2. The van der Waals surface area contributed by atoms with Crippen LogP contribution in [-0.2, 0) is 12.7 Å². The molecule has 1 heterocycles. The minimum atomic E-state index is -4.44. The van der Waals surface area contributed by atoms with Crippen molar-refractivity contribution in [3.05, 3.63) is 53.3 Å². The number of alkyl halides is 3. The Hall–Kier alpha value is -2.29. The van der Waals surface area contributed by atoms with Crippen LogP contribution in [0.3, 0.4) is 0 Å². The number of benzene rings is 1. The molecule has 0 unspecified atom stereocenters. The molecule has 0 atom stereocenters. The summed E-state index contributed by atoms with van der Waals surface area (Å²) in [6.45, 7) is 0.139. The van der Waals surface area contributed by atoms with E-state index in [1.54, 1.807) is 24.3 Å². The van der Waals surface area contributed by atoms with Crippen LogP contribution in [0.15, 0.2) is 36.5 Å². The van der Waals surface area contributed by atoms with Gasteiger partial charge in [0.15, 0.2) is 5.69 Å². The third kappa shape index (κ3) is 2.51. The maximum absolute atomic E-state index is 12.4. The van der Waals surface area contributed by atoms with Gasteiger partial charge in [-0.1, -0.05) is 18.2 Å². The Morgan fingerprint density at radius 3 is 2.56 bits per heavy atom. The summed E-state index contributed by atoms with van der Waals surface area (Å²) in [5.74, 6) is 0. The second-order valence-corrected chi connectivity index (χ2v) is 3.67. The van der Waals surface area contributed by atoms with Crippen molar-refractivity contribution in [3.8, 4) is 6.07 Å². The van der Waals surface area contributed by atoms with Gasteiger partial charge in [-0.2, -0.15) is 23.5 Å². The molecule has 2 rings (SSSR count). The average Bonchev–Trinajstić information content (AvgIpc) is 2.78. The first-order chi connectivity index (χ1) is 8.50. The molecule has 0 saturated heterocycles. The van der Waals surface area contributed by atoms with Crippen LogP contribution >= 0.6 is 0 Å². The van der Waals surface area contributed by atoms with Crippen LogP contribution < -0.4 is 0 Å². The number of hydrogen-bond acceptors (Lipinski definition) is 2. The van der Waals surface area contributed by atoms with Crippen LogP contribution in [0.2, 0.25) is 0 Å². The normalized spacial score (nSPS) is 11.2. The molecule has 0 aliphatic carbocycles. The second kappa shape index (κ2) is 4.53. The highest BCUT2D eigenvalue weighted by molar-refractivity contribution is 5.37. The van der Waals surface area contributed by atoms with Gasteiger partial charge in [0, 0.05) is 6.20 Å². The molecule has 0 spiro atoms. The predicted octanol–water partition coefficient (Wildman–Crippen LogP) is 2.82. The van der Waals surface area contributed by atoms with Gasteiger partial charge in [-0.05, 0) is 17.7 Å². The van der Waals surface area contributed by atoms with Gasteiger partial charge in [0.2, 0.25) is 0 Å². The SMILES string of the molecule is N#Cc1ccccc1Cn1ccc(C(F)(F)F)n1. The molecule has 3 nitrogen and oxygen atoms in total. The van der Waals surface area contributed by atoms with E-state index in [1.807, 2.05) is 6.07 Å². The molecule has 0 aliphatic heterocycles. The van der Waals surface area contributed by atoms with E-state index < -0.39 is 11.9 Å². The number of nitrogens with zero attached hydrogens (tertiary/aromatic N) is 3. The summed E-state index contributed by atoms with van der Waals surface area (Å²) in [5, 5.41) is 12.3. The van der Waals surface area contributed by atoms with Crippen molar-refractivity contribution in [2.24, 2.45) is 0 Å². The molecular weight excluding hydrogens is 243 g/mol. The van der Waals surface area contributed by atoms with Gasteiger partial charge in [-0.15, -0.1) is 0 Å². The minimum absolute atomic E-state index is 0.139. The van der Waals surface area contributed by atoms with Gasteiger partial charge >= 0.3 is 6.18 Å². The highest BCUT2D eigenvalue weighted by Crippen LogP contribution is 2.27. The maximum Gasteiger partial charge on any atom is 0.435 e. The molecular formula is C12H8F3N3. The van der Waals surface area contributed by atoms with E-state index in [2.05, 4.69) is 5.10 Å². The Labute approximate surface area is 101 Å². The van der Waals surface area contributed by atoms with Crippen molar-refractivity contribution in [3.63, 3.8) is 0 Å². The smallest absolute Gasteiger partial charge is 0.268 e. The van der Waals surface area contributed by atoms with E-state index in [4.69, 9.17) is 5.26 Å².